The highest BCUT2D eigenvalue weighted by atomic mass is 14.9. The second-order valence-electron chi connectivity index (χ2n) is 5.67. The van der Waals surface area contributed by atoms with E-state index < -0.39 is 0 Å². The van der Waals surface area contributed by atoms with Crippen LogP contribution in [-0.4, -0.2) is 9.97 Å². The molecule has 0 aliphatic rings. The van der Waals surface area contributed by atoms with Crippen LogP contribution in [0.5, 0.6) is 0 Å². The fourth-order valence-corrected chi connectivity index (χ4v) is 2.91. The van der Waals surface area contributed by atoms with E-state index in [4.69, 9.17) is 11.5 Å². The van der Waals surface area contributed by atoms with Gasteiger partial charge < -0.3 is 11.5 Å². The molecule has 0 unspecified atom stereocenters. The molecule has 3 aromatic carbocycles. The van der Waals surface area contributed by atoms with Gasteiger partial charge in [-0.05, 0) is 41.0 Å². The molecule has 0 aliphatic heterocycles. The highest BCUT2D eigenvalue weighted by molar-refractivity contribution is 6.01. The maximum atomic E-state index is 6.10. The smallest absolute Gasteiger partial charge is 0.134 e. The van der Waals surface area contributed by atoms with Crippen molar-refractivity contribution in [2.24, 2.45) is 0 Å². The Kier molecular flexibility index (Phi) is 3.35. The Morgan fingerprint density at radius 3 is 2.25 bits per heavy atom. The van der Waals surface area contributed by atoms with Crippen molar-refractivity contribution < 1.29 is 0 Å². The number of nitrogens with two attached hydrogens (primary N) is 2. The zero-order chi connectivity index (χ0) is 16.5. The molecule has 4 aromatic rings. The van der Waals surface area contributed by atoms with Crippen molar-refractivity contribution in [2.75, 3.05) is 11.5 Å². The van der Waals surface area contributed by atoms with Gasteiger partial charge in [-0.15, -0.1) is 0 Å². The van der Waals surface area contributed by atoms with Gasteiger partial charge in [-0.3, -0.25) is 0 Å². The molecule has 0 bridgehead atoms. The van der Waals surface area contributed by atoms with Gasteiger partial charge in [-0.25, -0.2) is 9.97 Å². The summed E-state index contributed by atoms with van der Waals surface area (Å²) in [6.07, 6.45) is 1.50. The van der Waals surface area contributed by atoms with Gasteiger partial charge in [-0.1, -0.05) is 42.5 Å². The number of rotatable bonds is 2. The van der Waals surface area contributed by atoms with Crippen molar-refractivity contribution in [1.29, 1.82) is 0 Å². The number of anilines is 2. The fraction of sp³-hybridized carbons (Fsp3) is 0. The Morgan fingerprint density at radius 1 is 0.667 bits per heavy atom. The van der Waals surface area contributed by atoms with Crippen molar-refractivity contribution >= 4 is 22.4 Å². The Bertz CT molecular complexity index is 1030. The maximum Gasteiger partial charge on any atom is 0.134 e. The van der Waals surface area contributed by atoms with E-state index in [0.717, 1.165) is 33.2 Å². The molecule has 0 amide bonds. The molecule has 0 fully saturated rings. The lowest BCUT2D eigenvalue weighted by Gasteiger charge is -2.12. The van der Waals surface area contributed by atoms with Crippen molar-refractivity contribution in [3.8, 4) is 22.3 Å². The number of nitrogens with zero attached hydrogens (tertiary/aromatic N) is 2. The lowest BCUT2D eigenvalue weighted by atomic mass is 9.95. The molecule has 0 radical (unpaired) electrons. The predicted octanol–water partition coefficient (Wildman–Crippen LogP) is 4.13. The minimum absolute atomic E-state index is 0.475. The number of hydrogen-bond acceptors (Lipinski definition) is 4. The van der Waals surface area contributed by atoms with Crippen molar-refractivity contribution in [3.05, 3.63) is 73.1 Å². The summed E-state index contributed by atoms with van der Waals surface area (Å²) in [7, 11) is 0. The molecule has 0 spiro atoms. The first kappa shape index (κ1) is 14.2. The van der Waals surface area contributed by atoms with Gasteiger partial charge in [0.15, 0.2) is 0 Å². The Hall–Kier alpha value is -3.40. The van der Waals surface area contributed by atoms with E-state index in [2.05, 4.69) is 28.2 Å². The van der Waals surface area contributed by atoms with Crippen LogP contribution in [0.1, 0.15) is 0 Å². The molecular formula is C20H16N4. The van der Waals surface area contributed by atoms with Gasteiger partial charge in [0.05, 0.1) is 5.52 Å². The average molecular weight is 312 g/mol. The largest absolute Gasteiger partial charge is 0.399 e. The first-order valence-electron chi connectivity index (χ1n) is 7.68. The molecule has 4 heteroatoms. The van der Waals surface area contributed by atoms with Gasteiger partial charge in [0.25, 0.3) is 0 Å². The normalized spacial score (nSPS) is 10.8. The van der Waals surface area contributed by atoms with Crippen molar-refractivity contribution in [3.63, 3.8) is 0 Å². The number of nitrogen functional groups attached to an aromatic ring is 2. The van der Waals surface area contributed by atoms with E-state index in [9.17, 15) is 0 Å². The number of hydrogen-bond donors (Lipinski definition) is 2. The molecule has 4 rings (SSSR count). The molecule has 4 N–H and O–H groups in total. The van der Waals surface area contributed by atoms with Gasteiger partial charge in [0.2, 0.25) is 0 Å². The lowest BCUT2D eigenvalue weighted by Crippen LogP contribution is -1.96. The molecular weight excluding hydrogens is 296 g/mol. The number of fused-ring (bicyclic) bond motifs is 1. The summed E-state index contributed by atoms with van der Waals surface area (Å²) < 4.78 is 0. The van der Waals surface area contributed by atoms with Gasteiger partial charge in [0.1, 0.15) is 12.1 Å². The third-order valence-electron chi connectivity index (χ3n) is 4.07. The summed E-state index contributed by atoms with van der Waals surface area (Å²) >= 11 is 0. The standard InChI is InChI=1S/C20H16N4/c21-16-8-4-7-14(9-16)17-10-15(13-5-2-1-3-6-13)11-18-19(17)23-12-24-20(18)22/h1-12H,21H2,(H2,22,23,24). The van der Waals surface area contributed by atoms with E-state index in [-0.39, 0.29) is 0 Å². The van der Waals surface area contributed by atoms with Crippen molar-refractivity contribution in [2.45, 2.75) is 0 Å². The zero-order valence-electron chi connectivity index (χ0n) is 13.0. The zero-order valence-corrected chi connectivity index (χ0v) is 13.0. The van der Waals surface area contributed by atoms with E-state index in [1.807, 2.05) is 48.5 Å². The molecule has 116 valence electrons. The monoisotopic (exact) mass is 312 g/mol. The van der Waals surface area contributed by atoms with Crippen molar-refractivity contribution in [1.82, 2.24) is 9.97 Å². The third kappa shape index (κ3) is 2.44. The molecule has 0 saturated carbocycles. The summed E-state index contributed by atoms with van der Waals surface area (Å²) in [4.78, 5) is 8.59. The summed E-state index contributed by atoms with van der Waals surface area (Å²) in [6, 6.07) is 22.1. The Morgan fingerprint density at radius 2 is 1.46 bits per heavy atom. The SMILES string of the molecule is Nc1cccc(-c2cc(-c3ccccc3)cc3c(N)ncnc23)c1. The van der Waals surface area contributed by atoms with Gasteiger partial charge in [0, 0.05) is 16.6 Å². The second kappa shape index (κ2) is 5.66. The fourth-order valence-electron chi connectivity index (χ4n) is 2.91. The first-order valence-corrected chi connectivity index (χ1v) is 7.68. The molecule has 1 aromatic heterocycles. The molecule has 24 heavy (non-hydrogen) atoms. The van der Waals surface area contributed by atoms with E-state index in [1.165, 1.54) is 6.33 Å². The number of benzene rings is 3. The van der Waals surface area contributed by atoms with Crippen LogP contribution >= 0.6 is 0 Å². The quantitative estimate of drug-likeness (QED) is 0.546. The minimum atomic E-state index is 0.475. The maximum absolute atomic E-state index is 6.10. The van der Waals surface area contributed by atoms with Gasteiger partial charge in [-0.2, -0.15) is 0 Å². The minimum Gasteiger partial charge on any atom is -0.399 e. The van der Waals surface area contributed by atoms with Crippen LogP contribution in [0, 0.1) is 0 Å². The number of aromatic nitrogens is 2. The molecule has 1 heterocycles. The Labute approximate surface area is 139 Å². The molecule has 0 atom stereocenters. The van der Waals surface area contributed by atoms with E-state index >= 15 is 0 Å². The van der Waals surface area contributed by atoms with E-state index in [1.54, 1.807) is 0 Å². The highest BCUT2D eigenvalue weighted by Crippen LogP contribution is 2.35. The van der Waals surface area contributed by atoms with Crippen LogP contribution in [0.3, 0.4) is 0 Å². The van der Waals surface area contributed by atoms with Crippen LogP contribution < -0.4 is 11.5 Å². The third-order valence-corrected chi connectivity index (χ3v) is 4.07. The van der Waals surface area contributed by atoms with E-state index in [0.29, 0.717) is 11.5 Å². The molecule has 4 nitrogen and oxygen atoms in total. The summed E-state index contributed by atoms with van der Waals surface area (Å²) in [5.74, 6) is 0.475. The van der Waals surface area contributed by atoms with Crippen LogP contribution in [0.25, 0.3) is 33.2 Å². The summed E-state index contributed by atoms with van der Waals surface area (Å²) in [6.45, 7) is 0. The predicted molar refractivity (Wildman–Crippen MR) is 99.2 cm³/mol. The average Bonchev–Trinajstić information content (AvgIpc) is 2.62. The summed E-state index contributed by atoms with van der Waals surface area (Å²) in [5.41, 5.74) is 17.8. The molecule has 0 saturated heterocycles. The van der Waals surface area contributed by atoms with Crippen LogP contribution in [0.4, 0.5) is 11.5 Å². The highest BCUT2D eigenvalue weighted by Gasteiger charge is 2.11. The lowest BCUT2D eigenvalue weighted by molar-refractivity contribution is 1.23. The van der Waals surface area contributed by atoms with Gasteiger partial charge >= 0.3 is 0 Å². The van der Waals surface area contributed by atoms with Crippen LogP contribution in [-0.2, 0) is 0 Å². The first-order chi connectivity index (χ1) is 11.7. The van der Waals surface area contributed by atoms with Crippen LogP contribution in [0.2, 0.25) is 0 Å². The van der Waals surface area contributed by atoms with Crippen LogP contribution in [0.15, 0.2) is 73.1 Å². The molecule has 0 aliphatic carbocycles. The topological polar surface area (TPSA) is 77.8 Å². The Balaban J connectivity index is 2.06. The second-order valence-corrected chi connectivity index (χ2v) is 5.67. The summed E-state index contributed by atoms with van der Waals surface area (Å²) in [5, 5.41) is 0.844.